The first-order chi connectivity index (χ1) is 11.0. The Morgan fingerprint density at radius 2 is 2.22 bits per heavy atom. The van der Waals surface area contributed by atoms with Crippen LogP contribution < -0.4 is 5.56 Å². The standard InChI is InChI=1S/C15H15N3O5/c1-9-2-3-18-12(6-9)16-7-10(14(18)20)13(19)17-4-5-23-8-11(17)15(21)22/h2-3,6-7,11H,4-5,8H2,1H3,(H,21,22). The molecule has 0 aliphatic carbocycles. The van der Waals surface area contributed by atoms with Gasteiger partial charge in [0.05, 0.1) is 13.2 Å². The number of pyridine rings is 1. The molecule has 1 saturated heterocycles. The SMILES string of the molecule is Cc1ccn2c(=O)c(C(=O)N3CCOCC3C(=O)O)cnc2c1. The number of hydrogen-bond donors (Lipinski definition) is 1. The summed E-state index contributed by atoms with van der Waals surface area (Å²) in [6.07, 6.45) is 2.75. The summed E-state index contributed by atoms with van der Waals surface area (Å²) in [6, 6.07) is 2.36. The molecule has 120 valence electrons. The summed E-state index contributed by atoms with van der Waals surface area (Å²) in [5.74, 6) is -1.81. The Balaban J connectivity index is 2.03. The zero-order valence-electron chi connectivity index (χ0n) is 12.4. The molecule has 3 heterocycles. The number of amides is 1. The number of rotatable bonds is 2. The number of morpholine rings is 1. The second-order valence-corrected chi connectivity index (χ2v) is 5.34. The Bertz CT molecular complexity index is 845. The number of ether oxygens (including phenoxy) is 1. The number of nitrogens with zero attached hydrogens (tertiary/aromatic N) is 3. The number of aliphatic carboxylic acids is 1. The number of carbonyl (C=O) groups excluding carboxylic acids is 1. The molecule has 0 radical (unpaired) electrons. The maximum absolute atomic E-state index is 12.6. The quantitative estimate of drug-likeness (QED) is 0.832. The number of aryl methyl sites for hydroxylation is 1. The average Bonchev–Trinajstić information content (AvgIpc) is 2.54. The molecule has 3 rings (SSSR count). The minimum Gasteiger partial charge on any atom is -0.480 e. The van der Waals surface area contributed by atoms with Crippen LogP contribution in [0.4, 0.5) is 0 Å². The van der Waals surface area contributed by atoms with Crippen molar-refractivity contribution in [2.45, 2.75) is 13.0 Å². The Labute approximate surface area is 130 Å². The molecule has 1 fully saturated rings. The number of fused-ring (bicyclic) bond motifs is 1. The lowest BCUT2D eigenvalue weighted by atomic mass is 10.2. The Kier molecular flexibility index (Phi) is 3.83. The fourth-order valence-corrected chi connectivity index (χ4v) is 2.53. The molecule has 2 aromatic rings. The van der Waals surface area contributed by atoms with E-state index in [2.05, 4.69) is 4.98 Å². The van der Waals surface area contributed by atoms with Gasteiger partial charge < -0.3 is 14.7 Å². The lowest BCUT2D eigenvalue weighted by Crippen LogP contribution is -2.53. The predicted molar refractivity (Wildman–Crippen MR) is 79.5 cm³/mol. The summed E-state index contributed by atoms with van der Waals surface area (Å²) in [4.78, 5) is 41.6. The highest BCUT2D eigenvalue weighted by molar-refractivity contribution is 5.96. The molecule has 1 atom stereocenters. The first-order valence-corrected chi connectivity index (χ1v) is 7.08. The fourth-order valence-electron chi connectivity index (χ4n) is 2.53. The Hall–Kier alpha value is -2.74. The third-order valence-corrected chi connectivity index (χ3v) is 3.77. The molecule has 23 heavy (non-hydrogen) atoms. The molecule has 1 N–H and O–H groups in total. The molecule has 1 aliphatic rings. The topological polar surface area (TPSA) is 101 Å². The van der Waals surface area contributed by atoms with Crippen LogP contribution in [-0.4, -0.2) is 57.1 Å². The molecule has 1 unspecified atom stereocenters. The highest BCUT2D eigenvalue weighted by Gasteiger charge is 2.34. The Morgan fingerprint density at radius 1 is 1.43 bits per heavy atom. The molecule has 0 bridgehead atoms. The van der Waals surface area contributed by atoms with Crippen LogP contribution in [0.5, 0.6) is 0 Å². The van der Waals surface area contributed by atoms with E-state index >= 15 is 0 Å². The van der Waals surface area contributed by atoms with Crippen LogP contribution in [0.2, 0.25) is 0 Å². The molecule has 1 amide bonds. The number of hydrogen-bond acceptors (Lipinski definition) is 5. The zero-order valence-corrected chi connectivity index (χ0v) is 12.4. The van der Waals surface area contributed by atoms with E-state index < -0.39 is 23.5 Å². The van der Waals surface area contributed by atoms with Crippen molar-refractivity contribution >= 4 is 17.5 Å². The smallest absolute Gasteiger partial charge is 0.328 e. The normalized spacial score (nSPS) is 18.1. The van der Waals surface area contributed by atoms with Crippen LogP contribution >= 0.6 is 0 Å². The van der Waals surface area contributed by atoms with Gasteiger partial charge in [0.15, 0.2) is 6.04 Å². The second kappa shape index (κ2) is 5.81. The highest BCUT2D eigenvalue weighted by Crippen LogP contribution is 2.11. The summed E-state index contributed by atoms with van der Waals surface area (Å²) in [6.45, 7) is 2.13. The van der Waals surface area contributed by atoms with E-state index in [4.69, 9.17) is 4.74 Å². The van der Waals surface area contributed by atoms with E-state index in [0.29, 0.717) is 5.65 Å². The molecule has 8 nitrogen and oxygen atoms in total. The van der Waals surface area contributed by atoms with E-state index in [1.807, 2.05) is 6.92 Å². The lowest BCUT2D eigenvalue weighted by Gasteiger charge is -2.32. The second-order valence-electron chi connectivity index (χ2n) is 5.34. The van der Waals surface area contributed by atoms with Gasteiger partial charge in [-0.3, -0.25) is 14.0 Å². The third-order valence-electron chi connectivity index (χ3n) is 3.77. The largest absolute Gasteiger partial charge is 0.480 e. The average molecular weight is 317 g/mol. The maximum atomic E-state index is 12.6. The van der Waals surface area contributed by atoms with Crippen molar-refractivity contribution in [3.05, 3.63) is 46.0 Å². The summed E-state index contributed by atoms with van der Waals surface area (Å²) >= 11 is 0. The van der Waals surface area contributed by atoms with Crippen molar-refractivity contribution in [3.8, 4) is 0 Å². The first-order valence-electron chi connectivity index (χ1n) is 7.08. The van der Waals surface area contributed by atoms with Crippen LogP contribution in [0.15, 0.2) is 29.3 Å². The summed E-state index contributed by atoms with van der Waals surface area (Å²) < 4.78 is 6.37. The van der Waals surface area contributed by atoms with Crippen LogP contribution in [0.3, 0.4) is 0 Å². The predicted octanol–water partition coefficient (Wildman–Crippen LogP) is -0.0715. The molecule has 1 aliphatic heterocycles. The third kappa shape index (κ3) is 2.68. The van der Waals surface area contributed by atoms with Crippen LogP contribution in [-0.2, 0) is 9.53 Å². The minimum absolute atomic E-state index is 0.0946. The molecule has 8 heteroatoms. The molecule has 0 aromatic carbocycles. The van der Waals surface area contributed by atoms with Gasteiger partial charge in [-0.25, -0.2) is 9.78 Å². The first kappa shape index (κ1) is 15.2. The van der Waals surface area contributed by atoms with Gasteiger partial charge in [-0.1, -0.05) is 0 Å². The van der Waals surface area contributed by atoms with Crippen molar-refractivity contribution in [2.24, 2.45) is 0 Å². The molecular formula is C15H15N3O5. The molecule has 0 spiro atoms. The fraction of sp³-hybridized carbons (Fsp3) is 0.333. The van der Waals surface area contributed by atoms with Gasteiger partial charge in [-0.15, -0.1) is 0 Å². The monoisotopic (exact) mass is 317 g/mol. The zero-order chi connectivity index (χ0) is 16.6. The molecule has 2 aromatic heterocycles. The Morgan fingerprint density at radius 3 is 2.96 bits per heavy atom. The summed E-state index contributed by atoms with van der Waals surface area (Å²) in [5.41, 5.74) is 0.702. The van der Waals surface area contributed by atoms with Gasteiger partial charge in [0, 0.05) is 18.9 Å². The molecule has 0 saturated carbocycles. The van der Waals surface area contributed by atoms with Gasteiger partial charge in [0.2, 0.25) is 0 Å². The van der Waals surface area contributed by atoms with E-state index in [0.717, 1.165) is 10.5 Å². The van der Waals surface area contributed by atoms with Crippen molar-refractivity contribution in [1.82, 2.24) is 14.3 Å². The van der Waals surface area contributed by atoms with Crippen molar-refractivity contribution in [3.63, 3.8) is 0 Å². The molecular weight excluding hydrogens is 302 g/mol. The minimum atomic E-state index is -1.16. The van der Waals surface area contributed by atoms with Gasteiger partial charge in [0.25, 0.3) is 11.5 Å². The van der Waals surface area contributed by atoms with E-state index in [9.17, 15) is 19.5 Å². The van der Waals surface area contributed by atoms with Gasteiger partial charge in [-0.05, 0) is 24.6 Å². The number of aromatic nitrogens is 2. The lowest BCUT2D eigenvalue weighted by molar-refractivity contribution is -0.147. The van der Waals surface area contributed by atoms with Crippen LogP contribution in [0, 0.1) is 6.92 Å². The van der Waals surface area contributed by atoms with E-state index in [-0.39, 0.29) is 25.3 Å². The number of carboxylic acids is 1. The number of carbonyl (C=O) groups is 2. The van der Waals surface area contributed by atoms with E-state index in [1.165, 1.54) is 10.6 Å². The summed E-state index contributed by atoms with van der Waals surface area (Å²) in [5, 5.41) is 9.20. The maximum Gasteiger partial charge on any atom is 0.328 e. The van der Waals surface area contributed by atoms with E-state index in [1.54, 1.807) is 18.3 Å². The number of carboxylic acid groups (broad SMARTS) is 1. The highest BCUT2D eigenvalue weighted by atomic mass is 16.5. The van der Waals surface area contributed by atoms with Crippen molar-refractivity contribution < 1.29 is 19.4 Å². The van der Waals surface area contributed by atoms with Gasteiger partial charge in [0.1, 0.15) is 11.2 Å². The van der Waals surface area contributed by atoms with Gasteiger partial charge in [-0.2, -0.15) is 0 Å². The van der Waals surface area contributed by atoms with Gasteiger partial charge >= 0.3 is 5.97 Å². The van der Waals surface area contributed by atoms with Crippen LogP contribution in [0.25, 0.3) is 5.65 Å². The van der Waals surface area contributed by atoms with Crippen LogP contribution in [0.1, 0.15) is 15.9 Å². The van der Waals surface area contributed by atoms with Crippen molar-refractivity contribution in [1.29, 1.82) is 0 Å². The van der Waals surface area contributed by atoms with Crippen molar-refractivity contribution in [2.75, 3.05) is 19.8 Å². The summed E-state index contributed by atoms with van der Waals surface area (Å²) in [7, 11) is 0.